The quantitative estimate of drug-likeness (QED) is 0.0244. The molecule has 12 atom stereocenters. The second-order valence-electron chi connectivity index (χ2n) is 36.8. The van der Waals surface area contributed by atoms with Crippen LogP contribution in [0.25, 0.3) is 0 Å². The van der Waals surface area contributed by atoms with Gasteiger partial charge in [0.15, 0.2) is 6.10 Å². The Hall–Kier alpha value is -4.46. The fraction of sp³-hybridized carbons (Fsp3) is 0.877. The molecule has 0 aromatic carbocycles. The molecule has 0 spiro atoms. The number of Topliss-reactive ketones (excluding diaryl/α,β-unsaturated/α-hetero) is 1. The zero-order valence-corrected chi connectivity index (χ0v) is 69.7. The zero-order chi connectivity index (χ0) is 77.9. The third-order valence-electron chi connectivity index (χ3n) is 21.3. The number of carbonyl (C=O) groups is 9. The van der Waals surface area contributed by atoms with Gasteiger partial charge in [0.1, 0.15) is 24.2 Å². The Balaban J connectivity index is 0.000000492. The number of alkyl halides is 1. The summed E-state index contributed by atoms with van der Waals surface area (Å²) in [7, 11) is -4.41. The van der Waals surface area contributed by atoms with Crippen molar-refractivity contribution in [2.24, 2.45) is 57.2 Å². The SMILES string of the molecule is C.CCC(C)I.CN(C(C)(C)C)S(=O)(=O)CCNC(=O)C(=O)C(CC1CCC1)NC(=O)[C@@H]1C2C(CN1C(=O)[C@@H](NC(=O)NC(C)(C)C)C(C)(C)C)C2(C)C.CN(C(C)(C)C)S(=O)(=O)CCNC(=O)C(O)C(CC1CCC1)NC(=O)[C@@H]1C2C(CN1C(=O)[C@@H](NC(=O)NC(C)(C)C)C(C)(C)C)C2(C)C. The van der Waals surface area contributed by atoms with Crippen molar-refractivity contribution >= 4 is 95.9 Å². The standard InChI is InChI=1S/C34H62N6O7S.C34H60N6O7S.C4H9I.CH4/c2*1-31(2,3)26(37-30(45)38-32(4,5)6)29(44)40-19-21-23(34(21,10)11)24(40)27(42)36-22(18-20-14-13-15-20)25(41)28(43)35-16-17-48(46,47)39(12)33(7,8)9;1-3-4(2)5;/h20-26,41H,13-19H2,1-12H3,(H,35,43)(H,36,42)(H2,37,38,45);20-24,26H,13-19H2,1-12H3,(H,35,43)(H,36,42)(H2,37,38,45);4H,3H2,1-2H3;1H4/t21?,22?,23?,24-,25?,26+;21?,22?,23?,24-,26+;;/m00../s1. The van der Waals surface area contributed by atoms with Gasteiger partial charge in [-0.15, -0.1) is 0 Å². The minimum atomic E-state index is -3.70. The van der Waals surface area contributed by atoms with E-state index >= 15 is 0 Å². The first-order chi connectivity index (χ1) is 45.6. The van der Waals surface area contributed by atoms with Gasteiger partial charge in [-0.1, -0.05) is 152 Å². The van der Waals surface area contributed by atoms with Crippen LogP contribution in [-0.2, 0) is 53.6 Å². The Bertz CT molecular complexity index is 3190. The van der Waals surface area contributed by atoms with Crippen LogP contribution in [0.5, 0.6) is 0 Å². The predicted molar refractivity (Wildman–Crippen MR) is 410 cm³/mol. The number of piperidine rings is 2. The number of fused-ring (bicyclic) bond motifs is 2. The molecule has 2 aliphatic heterocycles. The maximum atomic E-state index is 14.2. The molecule has 4 aliphatic carbocycles. The number of urea groups is 2. The van der Waals surface area contributed by atoms with Crippen molar-refractivity contribution in [2.75, 3.05) is 51.8 Å². The molecule has 0 bridgehead atoms. The van der Waals surface area contributed by atoms with Gasteiger partial charge in [0.2, 0.25) is 49.5 Å². The number of sulfonamides is 2. The number of amides is 10. The van der Waals surface area contributed by atoms with Crippen molar-refractivity contribution in [3.05, 3.63) is 0 Å². The van der Waals surface area contributed by atoms with Gasteiger partial charge in [-0.25, -0.2) is 26.4 Å². The number of carbonyl (C=O) groups excluding carboxylic acids is 9. The van der Waals surface area contributed by atoms with E-state index in [9.17, 15) is 65.1 Å². The predicted octanol–water partition coefficient (Wildman–Crippen LogP) is 7.45. The van der Waals surface area contributed by atoms with Crippen LogP contribution in [0, 0.1) is 57.2 Å². The maximum absolute atomic E-state index is 14.2. The first-order valence-corrected chi connectivity index (χ1v) is 40.8. The van der Waals surface area contributed by atoms with Crippen LogP contribution < -0.4 is 42.5 Å². The van der Waals surface area contributed by atoms with Crippen molar-refractivity contribution < 1.29 is 65.1 Å². The Morgan fingerprint density at radius 3 is 1.22 bits per heavy atom. The average molecular weight is 1600 g/mol. The first-order valence-electron chi connectivity index (χ1n) is 36.4. The highest BCUT2D eigenvalue weighted by Gasteiger charge is 2.71. The van der Waals surface area contributed by atoms with Crippen molar-refractivity contribution in [1.82, 2.24) is 60.9 Å². The van der Waals surface area contributed by atoms with E-state index in [-0.39, 0.29) is 96.6 Å². The average Bonchev–Trinajstić information content (AvgIpc) is 1.53. The highest BCUT2D eigenvalue weighted by atomic mass is 127. The minimum Gasteiger partial charge on any atom is -0.381 e. The Morgan fingerprint density at radius 1 is 0.559 bits per heavy atom. The topological polar surface area (TPSA) is 351 Å². The summed E-state index contributed by atoms with van der Waals surface area (Å²) < 4.78 is 54.3. The van der Waals surface area contributed by atoms with E-state index in [0.717, 1.165) is 42.4 Å². The summed E-state index contributed by atoms with van der Waals surface area (Å²) in [6.07, 6.45) is 5.94. The van der Waals surface area contributed by atoms with Gasteiger partial charge in [-0.3, -0.25) is 33.6 Å². The molecule has 590 valence electrons. The second kappa shape index (κ2) is 34.6. The van der Waals surface area contributed by atoms with E-state index in [4.69, 9.17) is 0 Å². The summed E-state index contributed by atoms with van der Waals surface area (Å²) in [6, 6.07) is -6.58. The summed E-state index contributed by atoms with van der Waals surface area (Å²) in [6.45, 7) is 45.7. The second-order valence-corrected chi connectivity index (χ2v) is 43.1. The molecule has 0 aromatic rings. The molecule has 8 unspecified atom stereocenters. The number of nitrogens with zero attached hydrogens (tertiary/aromatic N) is 4. The molecule has 9 N–H and O–H groups in total. The largest absolute Gasteiger partial charge is 0.381 e. The molecule has 102 heavy (non-hydrogen) atoms. The van der Waals surface area contributed by atoms with Gasteiger partial charge in [0.05, 0.1) is 23.6 Å². The molecule has 0 aromatic heterocycles. The van der Waals surface area contributed by atoms with E-state index in [0.29, 0.717) is 19.5 Å². The van der Waals surface area contributed by atoms with Crippen molar-refractivity contribution in [3.63, 3.8) is 0 Å². The smallest absolute Gasteiger partial charge is 0.315 e. The molecule has 2 heterocycles. The number of halogens is 1. The van der Waals surface area contributed by atoms with E-state index < -0.39 is 137 Å². The van der Waals surface area contributed by atoms with E-state index in [1.807, 2.05) is 83.1 Å². The third-order valence-corrected chi connectivity index (χ3v) is 26.4. The number of aliphatic hydroxyl groups excluding tert-OH is 1. The number of nitrogens with one attached hydrogen (secondary N) is 8. The van der Waals surface area contributed by atoms with Crippen molar-refractivity contribution in [3.8, 4) is 0 Å². The molecule has 6 aliphatic rings. The van der Waals surface area contributed by atoms with Gasteiger partial charge in [-0.2, -0.15) is 8.61 Å². The summed E-state index contributed by atoms with van der Waals surface area (Å²) in [5.41, 5.74) is -4.05. The van der Waals surface area contributed by atoms with Gasteiger partial charge in [-0.05, 0) is 160 Å². The summed E-state index contributed by atoms with van der Waals surface area (Å²) in [4.78, 5) is 125. The highest BCUT2D eigenvalue weighted by Crippen LogP contribution is 2.66. The van der Waals surface area contributed by atoms with Crippen LogP contribution in [0.2, 0.25) is 0 Å². The highest BCUT2D eigenvalue weighted by molar-refractivity contribution is 14.1. The van der Waals surface area contributed by atoms with Crippen molar-refractivity contribution in [2.45, 2.75) is 300 Å². The lowest BCUT2D eigenvalue weighted by Gasteiger charge is -2.39. The molecule has 4 saturated carbocycles. The lowest BCUT2D eigenvalue weighted by Crippen LogP contribution is -2.62. The van der Waals surface area contributed by atoms with Crippen LogP contribution in [0.1, 0.15) is 231 Å². The summed E-state index contributed by atoms with van der Waals surface area (Å²) >= 11 is 2.41. The number of ketones is 1. The molecular weight excluding hydrogens is 1460 g/mol. The van der Waals surface area contributed by atoms with E-state index in [1.165, 1.54) is 34.0 Å². The van der Waals surface area contributed by atoms with Crippen LogP contribution in [0.3, 0.4) is 0 Å². The fourth-order valence-corrected chi connectivity index (χ4v) is 16.6. The molecule has 0 radical (unpaired) electrons. The Morgan fingerprint density at radius 2 is 0.902 bits per heavy atom. The van der Waals surface area contributed by atoms with Gasteiger partial charge >= 0.3 is 12.1 Å². The first kappa shape index (κ1) is 91.7. The fourth-order valence-electron chi connectivity index (χ4n) is 13.7. The third kappa shape index (κ3) is 24.8. The van der Waals surface area contributed by atoms with Gasteiger partial charge in [0, 0.05) is 66.4 Å². The number of hydrogen-bond donors (Lipinski definition) is 9. The Kier molecular flexibility index (Phi) is 31.1. The normalized spacial score (nSPS) is 23.5. The van der Waals surface area contributed by atoms with Crippen LogP contribution in [0.4, 0.5) is 9.59 Å². The van der Waals surface area contributed by atoms with Gasteiger partial charge < -0.3 is 57.4 Å². The summed E-state index contributed by atoms with van der Waals surface area (Å²) in [5, 5.41) is 33.4. The zero-order valence-electron chi connectivity index (χ0n) is 65.9. The van der Waals surface area contributed by atoms with E-state index in [1.54, 1.807) is 46.4 Å². The minimum absolute atomic E-state index is 0. The number of hydrogen-bond acceptors (Lipinski definition) is 14. The lowest BCUT2D eigenvalue weighted by atomic mass is 9.79. The maximum Gasteiger partial charge on any atom is 0.315 e. The monoisotopic (exact) mass is 1590 g/mol. The van der Waals surface area contributed by atoms with Crippen LogP contribution in [-0.4, -0.2) is 214 Å². The van der Waals surface area contributed by atoms with Crippen molar-refractivity contribution in [1.29, 1.82) is 0 Å². The van der Waals surface area contributed by atoms with Crippen LogP contribution >= 0.6 is 22.6 Å². The molecule has 2 saturated heterocycles. The van der Waals surface area contributed by atoms with Crippen LogP contribution in [0.15, 0.2) is 0 Å². The van der Waals surface area contributed by atoms with E-state index in [2.05, 4.69) is 107 Å². The molecule has 6 rings (SSSR count). The molecule has 10 amide bonds. The number of likely N-dealkylation sites (tertiary alicyclic amines) is 2. The summed E-state index contributed by atoms with van der Waals surface area (Å²) in [5.74, 6) is -4.70. The lowest BCUT2D eigenvalue weighted by molar-refractivity contribution is -0.145. The number of aliphatic hydroxyl groups is 1. The molecule has 26 nitrogen and oxygen atoms in total. The van der Waals surface area contributed by atoms with Gasteiger partial charge in [0.25, 0.3) is 11.8 Å². The molecule has 6 fully saturated rings. The Labute approximate surface area is 626 Å². The number of rotatable bonds is 25. The molecule has 29 heteroatoms. The molecular formula is C73H135IN12O14S2.